The number of nitrogens with one attached hydrogen (secondary N) is 1. The molecule has 1 heterocycles. The minimum atomic E-state index is -0.744. The van der Waals surface area contributed by atoms with Crippen molar-refractivity contribution in [3.8, 4) is 16.9 Å². The van der Waals surface area contributed by atoms with Gasteiger partial charge in [-0.15, -0.1) is 0 Å². The molecule has 1 N–H and O–H groups in total. The molecule has 3 aromatic carbocycles. The van der Waals surface area contributed by atoms with Crippen LogP contribution in [-0.2, 0) is 22.6 Å². The van der Waals surface area contributed by atoms with E-state index in [4.69, 9.17) is 9.47 Å². The maximum atomic E-state index is 15.6. The first-order chi connectivity index (χ1) is 20.3. The highest BCUT2D eigenvalue weighted by Crippen LogP contribution is 2.29. The molecule has 0 unspecified atom stereocenters. The van der Waals surface area contributed by atoms with Gasteiger partial charge in [-0.3, -0.25) is 18.7 Å². The van der Waals surface area contributed by atoms with Gasteiger partial charge < -0.3 is 14.8 Å². The molecular weight excluding hydrogens is 544 g/mol. The molecule has 0 saturated carbocycles. The molecule has 0 aliphatic heterocycles. The van der Waals surface area contributed by atoms with Crippen molar-refractivity contribution in [3.05, 3.63) is 122 Å². The first-order valence-electron chi connectivity index (χ1n) is 13.5. The van der Waals surface area contributed by atoms with Gasteiger partial charge in [0.1, 0.15) is 5.82 Å². The first-order valence-corrected chi connectivity index (χ1v) is 13.5. The molecule has 0 fully saturated rings. The summed E-state index contributed by atoms with van der Waals surface area (Å²) in [6.07, 6.45) is 0.502. The van der Waals surface area contributed by atoms with Crippen LogP contribution >= 0.6 is 0 Å². The number of carbonyl (C=O) groups is 1. The van der Waals surface area contributed by atoms with E-state index in [0.717, 1.165) is 10.1 Å². The summed E-state index contributed by atoms with van der Waals surface area (Å²) in [5.41, 5.74) is 0.549. The minimum Gasteiger partial charge on any atom is -0.494 e. The number of rotatable bonds is 13. The molecule has 0 spiro atoms. The highest BCUT2D eigenvalue weighted by molar-refractivity contribution is 5.67. The Morgan fingerprint density at radius 2 is 1.69 bits per heavy atom. The molecule has 42 heavy (non-hydrogen) atoms. The van der Waals surface area contributed by atoms with Crippen molar-refractivity contribution in [2.45, 2.75) is 39.4 Å². The number of nitrogens with zero attached hydrogens (tertiary/aromatic N) is 2. The maximum Gasteiger partial charge on any atom is 0.331 e. The fourth-order valence-electron chi connectivity index (χ4n) is 4.98. The van der Waals surface area contributed by atoms with Crippen LogP contribution in [-0.4, -0.2) is 35.9 Å². The van der Waals surface area contributed by atoms with E-state index >= 15 is 4.39 Å². The molecule has 4 aromatic rings. The molecular formula is C32H33F2N3O5. The lowest BCUT2D eigenvalue weighted by Crippen LogP contribution is -2.45. The van der Waals surface area contributed by atoms with Crippen LogP contribution in [0.25, 0.3) is 11.1 Å². The molecule has 0 saturated heterocycles. The molecule has 0 bridgehead atoms. The van der Waals surface area contributed by atoms with Gasteiger partial charge in [0.15, 0.2) is 11.6 Å². The number of carbonyl (C=O) groups excluding carboxylic acids is 1. The monoisotopic (exact) mass is 577 g/mol. The second-order valence-corrected chi connectivity index (χ2v) is 9.84. The summed E-state index contributed by atoms with van der Waals surface area (Å²) in [6, 6.07) is 17.8. The van der Waals surface area contributed by atoms with Crippen molar-refractivity contribution in [1.29, 1.82) is 0 Å². The lowest BCUT2D eigenvalue weighted by Gasteiger charge is -2.23. The van der Waals surface area contributed by atoms with Crippen molar-refractivity contribution >= 4 is 6.47 Å². The van der Waals surface area contributed by atoms with Crippen LogP contribution < -0.4 is 21.3 Å². The normalized spacial score (nSPS) is 11.7. The Morgan fingerprint density at radius 1 is 0.952 bits per heavy atom. The number of hydrogen-bond donors (Lipinski definition) is 1. The van der Waals surface area contributed by atoms with Crippen LogP contribution in [0.1, 0.15) is 34.8 Å². The van der Waals surface area contributed by atoms with Gasteiger partial charge in [0.25, 0.3) is 12.0 Å². The Labute approximate surface area is 242 Å². The molecule has 4 rings (SSSR count). The van der Waals surface area contributed by atoms with Crippen LogP contribution in [0.5, 0.6) is 5.75 Å². The van der Waals surface area contributed by atoms with Crippen LogP contribution in [0.15, 0.2) is 76.3 Å². The van der Waals surface area contributed by atoms with Gasteiger partial charge in [-0.25, -0.2) is 13.6 Å². The van der Waals surface area contributed by atoms with E-state index in [0.29, 0.717) is 25.0 Å². The fourth-order valence-corrected chi connectivity index (χ4v) is 4.98. The second kappa shape index (κ2) is 13.9. The fraction of sp³-hybridized carbons (Fsp3) is 0.281. The third-order valence-corrected chi connectivity index (χ3v) is 7.27. The molecule has 0 radical (unpaired) electrons. The van der Waals surface area contributed by atoms with Gasteiger partial charge >= 0.3 is 5.69 Å². The summed E-state index contributed by atoms with van der Waals surface area (Å²) in [7, 11) is 1.32. The summed E-state index contributed by atoms with van der Waals surface area (Å²) < 4.78 is 42.8. The smallest absolute Gasteiger partial charge is 0.331 e. The SMILES string of the molecule is COc1cccc(-c2c(C)n(Cc3c(C)cccc3F)c(=O)n(C[C@H](NCCCOC=O)c3ccccc3)c2=O)c1F. The Bertz CT molecular complexity index is 1650. The minimum absolute atomic E-state index is 0.0220. The third kappa shape index (κ3) is 6.49. The molecule has 1 aromatic heterocycles. The summed E-state index contributed by atoms with van der Waals surface area (Å²) in [5.74, 6) is -1.29. The van der Waals surface area contributed by atoms with Crippen molar-refractivity contribution in [1.82, 2.24) is 14.5 Å². The largest absolute Gasteiger partial charge is 0.494 e. The number of aromatic nitrogens is 2. The van der Waals surface area contributed by atoms with Crippen molar-refractivity contribution < 1.29 is 23.0 Å². The van der Waals surface area contributed by atoms with Crippen LogP contribution in [0.3, 0.4) is 0 Å². The predicted molar refractivity (Wildman–Crippen MR) is 156 cm³/mol. The number of hydrogen-bond acceptors (Lipinski definition) is 6. The zero-order valence-corrected chi connectivity index (χ0v) is 23.7. The van der Waals surface area contributed by atoms with E-state index in [1.54, 1.807) is 32.0 Å². The summed E-state index contributed by atoms with van der Waals surface area (Å²) in [4.78, 5) is 38.6. The molecule has 1 atom stereocenters. The lowest BCUT2D eigenvalue weighted by molar-refractivity contribution is -0.128. The Morgan fingerprint density at radius 3 is 2.38 bits per heavy atom. The lowest BCUT2D eigenvalue weighted by atomic mass is 10.0. The van der Waals surface area contributed by atoms with Gasteiger partial charge in [0.05, 0.1) is 38.4 Å². The van der Waals surface area contributed by atoms with E-state index in [-0.39, 0.29) is 47.8 Å². The van der Waals surface area contributed by atoms with Gasteiger partial charge in [-0.1, -0.05) is 54.6 Å². The number of aryl methyl sites for hydroxylation is 1. The summed E-state index contributed by atoms with van der Waals surface area (Å²) in [6.45, 7) is 4.04. The summed E-state index contributed by atoms with van der Waals surface area (Å²) in [5, 5.41) is 3.33. The Balaban J connectivity index is 1.90. The van der Waals surface area contributed by atoms with Crippen LogP contribution in [0, 0.1) is 25.5 Å². The zero-order valence-electron chi connectivity index (χ0n) is 23.7. The molecule has 0 amide bonds. The number of benzene rings is 3. The quantitative estimate of drug-likeness (QED) is 0.186. The predicted octanol–water partition coefficient (Wildman–Crippen LogP) is 4.52. The molecule has 0 aliphatic rings. The van der Waals surface area contributed by atoms with Crippen LogP contribution in [0.2, 0.25) is 0 Å². The first kappa shape index (κ1) is 30.4. The second-order valence-electron chi connectivity index (χ2n) is 9.84. The topological polar surface area (TPSA) is 91.6 Å². The standard InChI is InChI=1S/C32H33F2N3O5/c1-21-10-7-14-26(33)25(21)18-36-22(2)29(24-13-8-15-28(41-3)30(24)34)31(39)37(32(36)40)19-27(23-11-5-4-6-12-23)35-16-9-17-42-20-38/h4-8,10-15,20,27,35H,9,16-19H2,1-3H3/t27-/m0/s1. The molecule has 0 aliphatic carbocycles. The number of methoxy groups -OCH3 is 1. The maximum absolute atomic E-state index is 15.6. The number of ether oxygens (including phenoxy) is 2. The van der Waals surface area contributed by atoms with E-state index < -0.39 is 28.9 Å². The Hall–Kier alpha value is -4.57. The van der Waals surface area contributed by atoms with E-state index in [9.17, 15) is 18.8 Å². The Kier molecular flexibility index (Phi) is 10.0. The van der Waals surface area contributed by atoms with Crippen molar-refractivity contribution in [2.24, 2.45) is 0 Å². The van der Waals surface area contributed by atoms with Gasteiger partial charge in [0, 0.05) is 16.8 Å². The van der Waals surface area contributed by atoms with E-state index in [1.807, 2.05) is 30.3 Å². The zero-order chi connectivity index (χ0) is 30.2. The highest BCUT2D eigenvalue weighted by atomic mass is 19.1. The number of halogens is 2. The highest BCUT2D eigenvalue weighted by Gasteiger charge is 2.24. The van der Waals surface area contributed by atoms with Gasteiger partial charge in [-0.2, -0.15) is 0 Å². The van der Waals surface area contributed by atoms with Gasteiger partial charge in [0.2, 0.25) is 0 Å². The average molecular weight is 578 g/mol. The van der Waals surface area contributed by atoms with Gasteiger partial charge in [-0.05, 0) is 50.1 Å². The van der Waals surface area contributed by atoms with E-state index in [1.165, 1.54) is 29.9 Å². The molecule has 8 nitrogen and oxygen atoms in total. The van der Waals surface area contributed by atoms with Crippen molar-refractivity contribution in [2.75, 3.05) is 20.3 Å². The average Bonchev–Trinajstić information content (AvgIpc) is 2.99. The summed E-state index contributed by atoms with van der Waals surface area (Å²) >= 11 is 0. The molecule has 220 valence electrons. The van der Waals surface area contributed by atoms with Crippen LogP contribution in [0.4, 0.5) is 8.78 Å². The van der Waals surface area contributed by atoms with E-state index in [2.05, 4.69) is 5.32 Å². The van der Waals surface area contributed by atoms with Crippen molar-refractivity contribution in [3.63, 3.8) is 0 Å². The third-order valence-electron chi connectivity index (χ3n) is 7.27. The molecule has 10 heteroatoms.